The standard InChI is InChI=1S/C16H23FN4O2S.C5H10O2/c1-10-12(9-19-18-2)24-15-13(10)14(22)21(11-5-6-11)16(23)20(15)8-4-3-7-17;1-5(2,3)7-4-6/h11,18-19H,3-9H2,1-2H3;4H,1-3H3. The van der Waals surface area contributed by atoms with Gasteiger partial charge in [0.2, 0.25) is 0 Å². The Bertz CT molecular complexity index is 1000. The van der Waals surface area contributed by atoms with Crippen molar-refractivity contribution in [2.45, 2.75) is 78.1 Å². The molecule has 1 aliphatic rings. The minimum atomic E-state index is -0.388. The molecule has 2 aromatic rings. The zero-order valence-corrected chi connectivity index (χ0v) is 19.7. The van der Waals surface area contributed by atoms with E-state index >= 15 is 0 Å². The van der Waals surface area contributed by atoms with Crippen molar-refractivity contribution in [3.05, 3.63) is 31.3 Å². The summed E-state index contributed by atoms with van der Waals surface area (Å²) in [6.45, 7) is 8.50. The Balaban J connectivity index is 0.000000423. The molecule has 10 heteroatoms. The number of rotatable bonds is 9. The molecule has 2 aromatic heterocycles. The van der Waals surface area contributed by atoms with E-state index in [9.17, 15) is 18.8 Å². The number of unbranched alkanes of at least 4 members (excludes halogenated alkanes) is 1. The molecule has 1 fully saturated rings. The van der Waals surface area contributed by atoms with Gasteiger partial charge in [-0.25, -0.2) is 4.79 Å². The molecule has 2 heterocycles. The summed E-state index contributed by atoms with van der Waals surface area (Å²) in [5.41, 5.74) is 6.09. The second kappa shape index (κ2) is 11.0. The quantitative estimate of drug-likeness (QED) is 0.342. The largest absolute Gasteiger partial charge is 0.462 e. The molecule has 0 amide bonds. The number of halogens is 1. The Morgan fingerprint density at radius 2 is 1.94 bits per heavy atom. The lowest BCUT2D eigenvalue weighted by Gasteiger charge is -2.14. The van der Waals surface area contributed by atoms with E-state index in [0.717, 1.165) is 23.3 Å². The number of carbonyl (C=O) groups excluding carboxylic acids is 1. The van der Waals surface area contributed by atoms with Crippen LogP contribution < -0.4 is 22.1 Å². The molecule has 0 unspecified atom stereocenters. The van der Waals surface area contributed by atoms with Gasteiger partial charge in [-0.1, -0.05) is 0 Å². The van der Waals surface area contributed by atoms with Gasteiger partial charge < -0.3 is 4.74 Å². The summed E-state index contributed by atoms with van der Waals surface area (Å²) in [4.78, 5) is 37.0. The molecular formula is C21H33FN4O4S. The summed E-state index contributed by atoms with van der Waals surface area (Å²) in [6.07, 6.45) is 2.77. The van der Waals surface area contributed by atoms with Gasteiger partial charge in [0, 0.05) is 24.0 Å². The lowest BCUT2D eigenvalue weighted by Crippen LogP contribution is -2.39. The van der Waals surface area contributed by atoms with E-state index in [4.69, 9.17) is 0 Å². The molecule has 3 rings (SSSR count). The number of nitrogens with zero attached hydrogens (tertiary/aromatic N) is 2. The molecule has 0 radical (unpaired) electrons. The minimum absolute atomic E-state index is 0.0278. The molecule has 0 saturated heterocycles. The van der Waals surface area contributed by atoms with E-state index in [1.54, 1.807) is 11.6 Å². The molecule has 0 spiro atoms. The fourth-order valence-electron chi connectivity index (χ4n) is 3.11. The number of ether oxygens (including phenoxy) is 1. The minimum Gasteiger partial charge on any atom is -0.462 e. The normalized spacial score (nSPS) is 13.7. The van der Waals surface area contributed by atoms with Crippen LogP contribution in [-0.2, 0) is 22.6 Å². The van der Waals surface area contributed by atoms with Crippen molar-refractivity contribution in [2.24, 2.45) is 0 Å². The first-order valence-corrected chi connectivity index (χ1v) is 11.3. The van der Waals surface area contributed by atoms with E-state index < -0.39 is 0 Å². The highest BCUT2D eigenvalue weighted by molar-refractivity contribution is 7.18. The summed E-state index contributed by atoms with van der Waals surface area (Å²) in [5.74, 6) is 0. The molecule has 0 bridgehead atoms. The third kappa shape index (κ3) is 6.47. The summed E-state index contributed by atoms with van der Waals surface area (Å²) in [6, 6.07) is 0.0278. The summed E-state index contributed by atoms with van der Waals surface area (Å²) in [7, 11) is 1.79. The highest BCUT2D eigenvalue weighted by Gasteiger charge is 2.30. The first-order chi connectivity index (χ1) is 14.7. The second-order valence-electron chi connectivity index (χ2n) is 8.50. The molecule has 0 aliphatic heterocycles. The van der Waals surface area contributed by atoms with Crippen LogP contribution in [0.4, 0.5) is 4.39 Å². The van der Waals surface area contributed by atoms with Crippen LogP contribution in [0, 0.1) is 6.92 Å². The smallest absolute Gasteiger partial charge is 0.332 e. The van der Waals surface area contributed by atoms with Gasteiger partial charge in [-0.3, -0.25) is 34.0 Å². The lowest BCUT2D eigenvalue weighted by molar-refractivity contribution is -0.138. The Morgan fingerprint density at radius 1 is 1.26 bits per heavy atom. The molecule has 2 N–H and O–H groups in total. The average Bonchev–Trinajstić information content (AvgIpc) is 3.46. The van der Waals surface area contributed by atoms with Crippen LogP contribution in [0.1, 0.15) is 62.9 Å². The van der Waals surface area contributed by atoms with Crippen LogP contribution in [-0.4, -0.2) is 34.9 Å². The fraction of sp³-hybridized carbons (Fsp3) is 0.667. The van der Waals surface area contributed by atoms with Gasteiger partial charge in [-0.2, -0.15) is 0 Å². The number of hydrazine groups is 1. The van der Waals surface area contributed by atoms with E-state index in [0.29, 0.717) is 42.6 Å². The monoisotopic (exact) mass is 456 g/mol. The van der Waals surface area contributed by atoms with Gasteiger partial charge in [-0.05, 0) is 66.0 Å². The molecular weight excluding hydrogens is 423 g/mol. The van der Waals surface area contributed by atoms with E-state index in [1.165, 1.54) is 15.9 Å². The number of hydrogen-bond donors (Lipinski definition) is 2. The second-order valence-corrected chi connectivity index (χ2v) is 9.58. The number of nitrogens with one attached hydrogen (secondary N) is 2. The molecule has 1 saturated carbocycles. The molecule has 31 heavy (non-hydrogen) atoms. The van der Waals surface area contributed by atoms with Crippen LogP contribution in [0.3, 0.4) is 0 Å². The molecule has 8 nitrogen and oxygen atoms in total. The van der Waals surface area contributed by atoms with Gasteiger partial charge in [0.05, 0.1) is 12.1 Å². The Labute approximate surface area is 185 Å². The number of aryl methyl sites for hydroxylation is 2. The Kier molecular flexibility index (Phi) is 8.96. The van der Waals surface area contributed by atoms with Crippen molar-refractivity contribution in [1.82, 2.24) is 20.0 Å². The van der Waals surface area contributed by atoms with Crippen molar-refractivity contribution in [1.29, 1.82) is 0 Å². The van der Waals surface area contributed by atoms with Gasteiger partial charge in [-0.15, -0.1) is 11.3 Å². The Morgan fingerprint density at radius 3 is 2.42 bits per heavy atom. The number of aromatic nitrogens is 2. The predicted molar refractivity (Wildman–Crippen MR) is 121 cm³/mol. The van der Waals surface area contributed by atoms with Crippen LogP contribution in [0.2, 0.25) is 0 Å². The number of thiophene rings is 1. The van der Waals surface area contributed by atoms with E-state index in [2.05, 4.69) is 15.6 Å². The van der Waals surface area contributed by atoms with Gasteiger partial charge in [0.1, 0.15) is 10.4 Å². The van der Waals surface area contributed by atoms with E-state index in [-0.39, 0.29) is 29.6 Å². The third-order valence-electron chi connectivity index (χ3n) is 4.85. The summed E-state index contributed by atoms with van der Waals surface area (Å²) >= 11 is 1.47. The fourth-order valence-corrected chi connectivity index (χ4v) is 4.36. The number of carbonyl (C=O) groups is 1. The van der Waals surface area contributed by atoms with Crippen LogP contribution in [0.5, 0.6) is 0 Å². The van der Waals surface area contributed by atoms with Crippen LogP contribution in [0.25, 0.3) is 10.2 Å². The average molecular weight is 457 g/mol. The van der Waals surface area contributed by atoms with Crippen molar-refractivity contribution < 1.29 is 13.9 Å². The lowest BCUT2D eigenvalue weighted by atomic mass is 10.2. The number of fused-ring (bicyclic) bond motifs is 1. The summed E-state index contributed by atoms with van der Waals surface area (Å²) in [5, 5.41) is 0.639. The topological polar surface area (TPSA) is 94.4 Å². The highest BCUT2D eigenvalue weighted by atomic mass is 32.1. The third-order valence-corrected chi connectivity index (χ3v) is 6.16. The Hall–Kier alpha value is -2.04. The van der Waals surface area contributed by atoms with Crippen molar-refractivity contribution >= 4 is 28.0 Å². The summed E-state index contributed by atoms with van der Waals surface area (Å²) < 4.78 is 20.1. The maximum Gasteiger partial charge on any atom is 0.332 e. The molecule has 0 atom stereocenters. The SMILES string of the molecule is CC(C)(C)OC=O.CNNCc1sc2c(c1C)c(=O)n(C1CC1)c(=O)n2CCCCF. The van der Waals surface area contributed by atoms with Crippen LogP contribution in [0.15, 0.2) is 9.59 Å². The zero-order chi connectivity index (χ0) is 23.2. The van der Waals surface area contributed by atoms with Gasteiger partial charge in [0.25, 0.3) is 12.0 Å². The maximum atomic E-state index is 12.9. The number of hydrogen-bond acceptors (Lipinski definition) is 7. The molecule has 1 aliphatic carbocycles. The van der Waals surface area contributed by atoms with Crippen molar-refractivity contribution in [3.63, 3.8) is 0 Å². The van der Waals surface area contributed by atoms with Crippen LogP contribution >= 0.6 is 11.3 Å². The van der Waals surface area contributed by atoms with Crippen molar-refractivity contribution in [2.75, 3.05) is 13.7 Å². The first-order valence-electron chi connectivity index (χ1n) is 10.5. The van der Waals surface area contributed by atoms with Gasteiger partial charge in [0.15, 0.2) is 0 Å². The highest BCUT2D eigenvalue weighted by Crippen LogP contribution is 2.34. The molecule has 0 aromatic carbocycles. The van der Waals surface area contributed by atoms with E-state index in [1.807, 2.05) is 27.7 Å². The zero-order valence-electron chi connectivity index (χ0n) is 18.9. The van der Waals surface area contributed by atoms with Gasteiger partial charge >= 0.3 is 5.69 Å². The number of alkyl halides is 1. The molecule has 174 valence electrons. The maximum absolute atomic E-state index is 12.9. The van der Waals surface area contributed by atoms with Crippen molar-refractivity contribution in [3.8, 4) is 0 Å². The predicted octanol–water partition coefficient (Wildman–Crippen LogP) is 2.80. The first kappa shape index (κ1) is 25.2.